The maximum absolute atomic E-state index is 7.07. The number of rotatable bonds is 7. The number of hydrogen-bond donors (Lipinski definition) is 0. The van der Waals surface area contributed by atoms with Crippen molar-refractivity contribution in [1.29, 1.82) is 0 Å². The predicted molar refractivity (Wildman–Crippen MR) is 272 cm³/mol. The van der Waals surface area contributed by atoms with Crippen LogP contribution >= 0.6 is 11.3 Å². The first-order chi connectivity index (χ1) is 31.7. The summed E-state index contributed by atoms with van der Waals surface area (Å²) in [5, 5.41) is 7.20. The third-order valence-electron chi connectivity index (χ3n) is 12.8. The molecule has 0 aliphatic rings. The van der Waals surface area contributed by atoms with Gasteiger partial charge >= 0.3 is 0 Å². The fraction of sp³-hybridized carbons (Fsp3) is 0. The first-order valence-electron chi connectivity index (χ1n) is 21.7. The zero-order valence-electron chi connectivity index (χ0n) is 34.7. The van der Waals surface area contributed by atoms with Crippen molar-refractivity contribution in [2.24, 2.45) is 0 Å². The lowest BCUT2D eigenvalue weighted by atomic mass is 9.96. The van der Waals surface area contributed by atoms with Crippen LogP contribution in [0.3, 0.4) is 0 Å². The van der Waals surface area contributed by atoms with Gasteiger partial charge in [0.05, 0.1) is 28.0 Å². The van der Waals surface area contributed by atoms with E-state index in [1.54, 1.807) is 0 Å². The van der Waals surface area contributed by atoms with Crippen LogP contribution in [0.2, 0.25) is 0 Å². The molecule has 0 bridgehead atoms. The molecule has 0 N–H and O–H groups in total. The molecule has 0 atom stereocenters. The maximum atomic E-state index is 7.07. The number of para-hydroxylation sites is 4. The molecular weight excluding hydrogens is 797 g/mol. The summed E-state index contributed by atoms with van der Waals surface area (Å²) in [6.45, 7) is 0. The highest BCUT2D eigenvalue weighted by molar-refractivity contribution is 7.25. The van der Waals surface area contributed by atoms with E-state index in [2.05, 4.69) is 240 Å². The van der Waals surface area contributed by atoms with E-state index >= 15 is 0 Å². The van der Waals surface area contributed by atoms with Crippen molar-refractivity contribution in [2.45, 2.75) is 0 Å². The van der Waals surface area contributed by atoms with E-state index in [0.29, 0.717) is 0 Å². The number of thiophene rings is 1. The summed E-state index contributed by atoms with van der Waals surface area (Å²) in [6, 6.07) is 83.5. The number of nitrogens with zero attached hydrogens (tertiary/aromatic N) is 2. The van der Waals surface area contributed by atoms with Crippen LogP contribution < -0.4 is 4.90 Å². The van der Waals surface area contributed by atoms with E-state index in [0.717, 1.165) is 78.0 Å². The van der Waals surface area contributed by atoms with Gasteiger partial charge in [-0.05, 0) is 101 Å². The Labute approximate surface area is 373 Å². The van der Waals surface area contributed by atoms with Gasteiger partial charge in [0.15, 0.2) is 0 Å². The average molecular weight is 835 g/mol. The van der Waals surface area contributed by atoms with Crippen LogP contribution in [0.15, 0.2) is 235 Å². The Kier molecular flexibility index (Phi) is 8.40. The van der Waals surface area contributed by atoms with Crippen LogP contribution in [0, 0.1) is 0 Å². The molecule has 3 aromatic heterocycles. The zero-order chi connectivity index (χ0) is 42.1. The van der Waals surface area contributed by atoms with E-state index < -0.39 is 0 Å². The van der Waals surface area contributed by atoms with E-state index in [1.807, 2.05) is 11.3 Å². The van der Waals surface area contributed by atoms with Gasteiger partial charge in [-0.2, -0.15) is 0 Å². The van der Waals surface area contributed by atoms with Crippen molar-refractivity contribution in [2.75, 3.05) is 4.90 Å². The normalized spacial score (nSPS) is 11.8. The number of hydrogen-bond acceptors (Lipinski definition) is 3. The smallest absolute Gasteiger partial charge is 0.145 e. The number of anilines is 3. The lowest BCUT2D eigenvalue weighted by molar-refractivity contribution is 0.670. The highest BCUT2D eigenvalue weighted by Gasteiger charge is 2.26. The Hall–Kier alpha value is -8.18. The van der Waals surface area contributed by atoms with Gasteiger partial charge in [0.2, 0.25) is 0 Å². The molecule has 10 aromatic carbocycles. The van der Waals surface area contributed by atoms with Crippen LogP contribution in [0.5, 0.6) is 0 Å². The van der Waals surface area contributed by atoms with Gasteiger partial charge in [0.25, 0.3) is 0 Å². The third-order valence-corrected chi connectivity index (χ3v) is 13.9. The summed E-state index contributed by atoms with van der Waals surface area (Å²) in [7, 11) is 0. The van der Waals surface area contributed by atoms with Crippen LogP contribution in [0.25, 0.3) is 103 Å². The van der Waals surface area contributed by atoms with Gasteiger partial charge < -0.3 is 13.9 Å². The minimum atomic E-state index is 0.849. The number of aromatic nitrogens is 1. The lowest BCUT2D eigenvalue weighted by Gasteiger charge is -2.29. The lowest BCUT2D eigenvalue weighted by Crippen LogP contribution is -2.12. The topological polar surface area (TPSA) is 21.3 Å². The summed E-state index contributed by atoms with van der Waals surface area (Å²) in [6.07, 6.45) is 0. The average Bonchev–Trinajstić information content (AvgIpc) is 4.04. The van der Waals surface area contributed by atoms with E-state index in [9.17, 15) is 0 Å². The fourth-order valence-electron chi connectivity index (χ4n) is 9.90. The first-order valence-corrected chi connectivity index (χ1v) is 22.6. The number of furan rings is 1. The van der Waals surface area contributed by atoms with Crippen molar-refractivity contribution in [3.8, 4) is 39.1 Å². The second-order valence-corrected chi connectivity index (χ2v) is 17.5. The Morgan fingerprint density at radius 1 is 0.375 bits per heavy atom. The van der Waals surface area contributed by atoms with Gasteiger partial charge in [0, 0.05) is 58.7 Å². The van der Waals surface area contributed by atoms with Crippen LogP contribution in [-0.2, 0) is 0 Å². The monoisotopic (exact) mass is 834 g/mol. The second-order valence-electron chi connectivity index (χ2n) is 16.4. The number of benzene rings is 10. The van der Waals surface area contributed by atoms with Gasteiger partial charge in [-0.3, -0.25) is 0 Å². The largest absolute Gasteiger partial charge is 0.455 e. The molecule has 0 saturated carbocycles. The quantitative estimate of drug-likeness (QED) is 0.159. The molecule has 3 nitrogen and oxygen atoms in total. The summed E-state index contributed by atoms with van der Waals surface area (Å²) in [5.74, 6) is 0. The van der Waals surface area contributed by atoms with E-state index in [4.69, 9.17) is 4.42 Å². The molecule has 0 aliphatic heterocycles. The summed E-state index contributed by atoms with van der Waals surface area (Å²) < 4.78 is 12.1. The molecular formula is C60H38N2OS. The van der Waals surface area contributed by atoms with Crippen molar-refractivity contribution in [3.63, 3.8) is 0 Å². The Morgan fingerprint density at radius 3 is 1.72 bits per heavy atom. The summed E-state index contributed by atoms with van der Waals surface area (Å²) in [5.41, 5.74) is 14.9. The van der Waals surface area contributed by atoms with Crippen LogP contribution in [0.1, 0.15) is 0 Å². The molecule has 0 aliphatic carbocycles. The van der Waals surface area contributed by atoms with E-state index in [1.165, 1.54) is 42.1 Å². The van der Waals surface area contributed by atoms with E-state index in [-0.39, 0.29) is 0 Å². The standard InChI is InChI=1S/C60H38N2OS/c1-2-16-39(17-3-1)40-18-14-20-43(36-40)61(44-21-15-19-41(37-44)42-32-35-58-51(38-42)48-25-8-13-31-57(48)64-58)55-34-33-49-47-24-7-12-30-56(47)63-60(49)59(55)50-26-6-11-29-54(50)62-52-27-9-4-22-45(52)46-23-5-10-28-53(46)62/h1-38H. The first kappa shape index (κ1) is 36.5. The Bertz CT molecular complexity index is 3880. The number of fused-ring (bicyclic) bond motifs is 9. The third kappa shape index (κ3) is 5.81. The van der Waals surface area contributed by atoms with Crippen molar-refractivity contribution < 1.29 is 4.42 Å². The molecule has 300 valence electrons. The molecule has 0 saturated heterocycles. The molecule has 0 radical (unpaired) electrons. The minimum Gasteiger partial charge on any atom is -0.455 e. The summed E-state index contributed by atoms with van der Waals surface area (Å²) in [4.78, 5) is 2.43. The molecule has 3 heterocycles. The second kappa shape index (κ2) is 14.7. The molecule has 13 aromatic rings. The summed E-state index contributed by atoms with van der Waals surface area (Å²) >= 11 is 1.85. The maximum Gasteiger partial charge on any atom is 0.145 e. The molecule has 13 rings (SSSR count). The Morgan fingerprint density at radius 2 is 0.953 bits per heavy atom. The molecule has 0 spiro atoms. The molecule has 0 unspecified atom stereocenters. The molecule has 0 amide bonds. The van der Waals surface area contributed by atoms with Crippen LogP contribution in [-0.4, -0.2) is 4.57 Å². The van der Waals surface area contributed by atoms with Crippen molar-refractivity contribution >= 4 is 92.3 Å². The van der Waals surface area contributed by atoms with Crippen molar-refractivity contribution in [1.82, 2.24) is 4.57 Å². The van der Waals surface area contributed by atoms with Crippen LogP contribution in [0.4, 0.5) is 17.1 Å². The van der Waals surface area contributed by atoms with Gasteiger partial charge in [-0.1, -0.05) is 152 Å². The highest BCUT2D eigenvalue weighted by atomic mass is 32.1. The van der Waals surface area contributed by atoms with Gasteiger partial charge in [-0.15, -0.1) is 11.3 Å². The highest BCUT2D eigenvalue weighted by Crippen LogP contribution is 2.50. The SMILES string of the molecule is c1ccc(-c2cccc(N(c3cccc(-c4ccc5sc6ccccc6c5c4)c3)c3ccc4c(oc5ccccc54)c3-c3ccccc3-n3c4ccccc4c4ccccc43)c2)cc1. The fourth-order valence-corrected chi connectivity index (χ4v) is 11.0. The molecule has 64 heavy (non-hydrogen) atoms. The molecule has 4 heteroatoms. The Balaban J connectivity index is 1.10. The van der Waals surface area contributed by atoms with Gasteiger partial charge in [0.1, 0.15) is 11.2 Å². The van der Waals surface area contributed by atoms with Gasteiger partial charge in [-0.25, -0.2) is 0 Å². The predicted octanol–water partition coefficient (Wildman–Crippen LogP) is 17.5. The minimum absolute atomic E-state index is 0.849. The van der Waals surface area contributed by atoms with Crippen molar-refractivity contribution in [3.05, 3.63) is 231 Å². The zero-order valence-corrected chi connectivity index (χ0v) is 35.5. The molecule has 0 fully saturated rings.